The maximum absolute atomic E-state index is 13.0. The molecule has 2 aromatic heterocycles. The number of carbonyl (C=O) groups is 1. The van der Waals surface area contributed by atoms with Gasteiger partial charge in [0.2, 0.25) is 0 Å². The molecule has 4 N–H and O–H groups in total. The molecular formula is C18H15F6N6O+. The van der Waals surface area contributed by atoms with Gasteiger partial charge in [-0.1, -0.05) is 0 Å². The van der Waals surface area contributed by atoms with Crippen LogP contribution in [0.3, 0.4) is 0 Å². The number of aromatic amines is 1. The zero-order chi connectivity index (χ0) is 23.0. The van der Waals surface area contributed by atoms with Crippen LogP contribution in [0, 0.1) is 0 Å². The zero-order valence-corrected chi connectivity index (χ0v) is 15.7. The highest BCUT2D eigenvalue weighted by Gasteiger charge is 2.37. The minimum Gasteiger partial charge on any atom is -0.394 e. The Morgan fingerprint density at radius 1 is 1.06 bits per heavy atom. The molecule has 0 fully saturated rings. The number of alkyl halides is 6. The molecule has 1 unspecified atom stereocenters. The molecule has 1 aromatic carbocycles. The number of rotatable bonds is 4. The van der Waals surface area contributed by atoms with E-state index in [-0.39, 0.29) is 17.6 Å². The van der Waals surface area contributed by atoms with Crippen LogP contribution >= 0.6 is 0 Å². The lowest BCUT2D eigenvalue weighted by Gasteiger charge is -2.16. The molecule has 13 heteroatoms. The van der Waals surface area contributed by atoms with Gasteiger partial charge in [-0.3, -0.25) is 4.79 Å². The number of nitrogens with one attached hydrogen (secondary N) is 2. The van der Waals surface area contributed by atoms with Crippen LogP contribution < -0.4 is 15.7 Å². The molecule has 0 radical (unpaired) electrons. The number of nitrogens with two attached hydrogens (primary N) is 1. The van der Waals surface area contributed by atoms with Crippen molar-refractivity contribution in [2.75, 3.05) is 5.73 Å². The summed E-state index contributed by atoms with van der Waals surface area (Å²) in [5.41, 5.74) is 2.25. The number of nitrogen functional groups attached to an aromatic ring is 1. The van der Waals surface area contributed by atoms with Gasteiger partial charge in [0, 0.05) is 5.56 Å². The maximum Gasteiger partial charge on any atom is 0.416 e. The first-order chi connectivity index (χ1) is 14.4. The topological polar surface area (TPSA) is 101 Å². The summed E-state index contributed by atoms with van der Waals surface area (Å²) >= 11 is 0. The van der Waals surface area contributed by atoms with Crippen molar-refractivity contribution >= 4 is 11.6 Å². The summed E-state index contributed by atoms with van der Waals surface area (Å²) in [7, 11) is 0. The van der Waals surface area contributed by atoms with Crippen molar-refractivity contribution < 1.29 is 35.8 Å². The van der Waals surface area contributed by atoms with Gasteiger partial charge in [0.1, 0.15) is 6.20 Å². The van der Waals surface area contributed by atoms with Crippen LogP contribution in [-0.2, 0) is 12.4 Å². The Morgan fingerprint density at radius 3 is 2.16 bits per heavy atom. The highest BCUT2D eigenvalue weighted by molar-refractivity contribution is 5.95. The summed E-state index contributed by atoms with van der Waals surface area (Å²) in [6.45, 7) is 1.45. The van der Waals surface area contributed by atoms with Crippen molar-refractivity contribution in [2.45, 2.75) is 25.3 Å². The second kappa shape index (κ2) is 7.89. The van der Waals surface area contributed by atoms with Gasteiger partial charge in [0.25, 0.3) is 5.91 Å². The first-order valence-electron chi connectivity index (χ1n) is 8.63. The van der Waals surface area contributed by atoms with E-state index in [1.807, 2.05) is 0 Å². The number of anilines is 1. The van der Waals surface area contributed by atoms with E-state index in [9.17, 15) is 31.1 Å². The molecule has 0 aliphatic carbocycles. The van der Waals surface area contributed by atoms with Crippen LogP contribution in [-0.4, -0.2) is 21.0 Å². The van der Waals surface area contributed by atoms with Crippen LogP contribution in [0.15, 0.2) is 43.0 Å². The van der Waals surface area contributed by atoms with Crippen LogP contribution in [0.5, 0.6) is 0 Å². The fraction of sp³-hybridized carbons (Fsp3) is 0.222. The lowest BCUT2D eigenvalue weighted by Crippen LogP contribution is -2.37. The normalized spacial score (nSPS) is 13.1. The van der Waals surface area contributed by atoms with Gasteiger partial charge in [-0.05, 0) is 30.1 Å². The number of benzene rings is 1. The molecule has 0 aliphatic rings. The fourth-order valence-corrected chi connectivity index (χ4v) is 2.76. The first kappa shape index (κ1) is 22.1. The maximum atomic E-state index is 13.0. The van der Waals surface area contributed by atoms with Crippen LogP contribution in [0.1, 0.15) is 40.1 Å². The Hall–Kier alpha value is -3.64. The van der Waals surface area contributed by atoms with Crippen LogP contribution in [0.4, 0.5) is 32.0 Å². The first-order valence-corrected chi connectivity index (χ1v) is 8.63. The summed E-state index contributed by atoms with van der Waals surface area (Å²) in [6.07, 6.45) is -4.51. The van der Waals surface area contributed by atoms with E-state index in [2.05, 4.69) is 20.4 Å². The van der Waals surface area contributed by atoms with Gasteiger partial charge < -0.3 is 11.1 Å². The third-order valence-electron chi connectivity index (χ3n) is 4.19. The number of aromatic nitrogens is 4. The average molecular weight is 445 g/mol. The quantitative estimate of drug-likeness (QED) is 0.424. The van der Waals surface area contributed by atoms with Gasteiger partial charge in [-0.2, -0.15) is 26.3 Å². The lowest BCUT2D eigenvalue weighted by molar-refractivity contribution is -0.659. The smallest absolute Gasteiger partial charge is 0.394 e. The van der Waals surface area contributed by atoms with E-state index in [0.29, 0.717) is 17.8 Å². The molecule has 0 saturated heterocycles. The summed E-state index contributed by atoms with van der Waals surface area (Å²) in [5, 5.41) is 5.13. The Bertz CT molecular complexity index is 1080. The van der Waals surface area contributed by atoms with Gasteiger partial charge in [-0.15, -0.1) is 4.68 Å². The number of hydrogen-bond acceptors (Lipinski definition) is 4. The molecule has 1 atom stereocenters. The predicted octanol–water partition coefficient (Wildman–Crippen LogP) is 3.19. The molecule has 0 spiro atoms. The molecule has 3 aromatic rings. The van der Waals surface area contributed by atoms with Crippen molar-refractivity contribution in [1.82, 2.24) is 20.4 Å². The van der Waals surface area contributed by atoms with Gasteiger partial charge >= 0.3 is 18.2 Å². The number of nitrogens with zero attached hydrogens (tertiary/aromatic N) is 3. The van der Waals surface area contributed by atoms with E-state index >= 15 is 0 Å². The third-order valence-corrected chi connectivity index (χ3v) is 4.19. The van der Waals surface area contributed by atoms with Crippen LogP contribution in [0.2, 0.25) is 0 Å². The van der Waals surface area contributed by atoms with Crippen molar-refractivity contribution in [2.24, 2.45) is 0 Å². The Balaban J connectivity index is 1.94. The van der Waals surface area contributed by atoms with Crippen molar-refractivity contribution in [3.8, 4) is 5.82 Å². The molecule has 3 rings (SSSR count). The molecule has 2 heterocycles. The lowest BCUT2D eigenvalue weighted by atomic mass is 10.0. The Kier molecular flexibility index (Phi) is 5.61. The summed E-state index contributed by atoms with van der Waals surface area (Å²) in [6, 6.07) is -0.255. The predicted molar refractivity (Wildman–Crippen MR) is 94.7 cm³/mol. The summed E-state index contributed by atoms with van der Waals surface area (Å²) in [5.74, 6) is -0.913. The molecule has 7 nitrogen and oxygen atoms in total. The van der Waals surface area contributed by atoms with E-state index < -0.39 is 41.0 Å². The molecule has 1 amide bonds. The van der Waals surface area contributed by atoms with Gasteiger partial charge in [0.15, 0.2) is 11.9 Å². The number of halogens is 6. The van der Waals surface area contributed by atoms with Crippen LogP contribution in [0.25, 0.3) is 5.82 Å². The van der Waals surface area contributed by atoms with E-state index in [1.165, 1.54) is 36.4 Å². The second-order valence-electron chi connectivity index (χ2n) is 6.53. The molecule has 0 bridgehead atoms. The summed E-state index contributed by atoms with van der Waals surface area (Å²) < 4.78 is 79.6. The van der Waals surface area contributed by atoms with Crippen molar-refractivity contribution in [1.29, 1.82) is 0 Å². The minimum absolute atomic E-state index is 0.0483. The SMILES string of the molecule is CC(NC(=O)c1cc(C(F)(F)F)cc(C(F)(F)F)c1)c1nccnc1-[n+]1cc(N)c[nH]1. The van der Waals surface area contributed by atoms with Crippen molar-refractivity contribution in [3.05, 3.63) is 65.4 Å². The average Bonchev–Trinajstić information content (AvgIpc) is 3.12. The molecular weight excluding hydrogens is 430 g/mol. The largest absolute Gasteiger partial charge is 0.416 e. The standard InChI is InChI=1S/C18H14F6N6O/c1-9(14-15(27-3-2-26-14)30-8-13(25)7-28-30)29-16(31)10-4-11(17(19,20)21)6-12(5-10)18(22,23)24/h2-9H,25H2,1H3,(H,29,31)/p+1. The molecule has 0 aliphatic heterocycles. The third kappa shape index (κ3) is 4.92. The van der Waals surface area contributed by atoms with E-state index in [1.54, 1.807) is 0 Å². The second-order valence-corrected chi connectivity index (χ2v) is 6.53. The van der Waals surface area contributed by atoms with Crippen molar-refractivity contribution in [3.63, 3.8) is 0 Å². The molecule has 164 valence electrons. The highest BCUT2D eigenvalue weighted by atomic mass is 19.4. The number of H-pyrrole nitrogens is 1. The number of carbonyl (C=O) groups excluding carboxylic acids is 1. The zero-order valence-electron chi connectivity index (χ0n) is 15.7. The van der Waals surface area contributed by atoms with Gasteiger partial charge in [-0.25, -0.2) is 10.1 Å². The Labute approximate surface area is 170 Å². The van der Waals surface area contributed by atoms with Gasteiger partial charge in [0.05, 0.1) is 35.2 Å². The molecule has 0 saturated carbocycles. The van der Waals surface area contributed by atoms with E-state index in [0.717, 1.165) is 0 Å². The number of amides is 1. The van der Waals surface area contributed by atoms with E-state index in [4.69, 9.17) is 5.73 Å². The monoisotopic (exact) mass is 445 g/mol. The summed E-state index contributed by atoms with van der Waals surface area (Å²) in [4.78, 5) is 20.7. The fourth-order valence-electron chi connectivity index (χ4n) is 2.76. The molecule has 31 heavy (non-hydrogen) atoms. The Morgan fingerprint density at radius 2 is 1.65 bits per heavy atom. The number of hydrogen-bond donors (Lipinski definition) is 3. The minimum atomic E-state index is -5.07. The highest BCUT2D eigenvalue weighted by Crippen LogP contribution is 2.36.